The number of fused-ring (bicyclic) bond motifs is 1. The van der Waals surface area contributed by atoms with Gasteiger partial charge in [-0.25, -0.2) is 22.4 Å². The summed E-state index contributed by atoms with van der Waals surface area (Å²) in [4.78, 5) is 6.33. The molecule has 1 aromatic heterocycles. The fourth-order valence-corrected chi connectivity index (χ4v) is 3.21. The summed E-state index contributed by atoms with van der Waals surface area (Å²) in [5.74, 6) is 0.292. The molecule has 0 saturated heterocycles. The summed E-state index contributed by atoms with van der Waals surface area (Å²) in [6, 6.07) is 4.60. The number of nitrogens with zero attached hydrogens (tertiary/aromatic N) is 5. The number of allylic oxidation sites excluding steroid dienone is 2. The summed E-state index contributed by atoms with van der Waals surface area (Å²) in [7, 11) is 6.16. The topological polar surface area (TPSA) is 87.9 Å². The van der Waals surface area contributed by atoms with Crippen LogP contribution in [0.15, 0.2) is 40.2 Å². The molecule has 0 bridgehead atoms. The number of nitrogens with one attached hydrogen (secondary N) is 1. The van der Waals surface area contributed by atoms with Crippen molar-refractivity contribution in [2.75, 3.05) is 34.3 Å². The molecule has 11 heteroatoms. The van der Waals surface area contributed by atoms with Gasteiger partial charge in [0.25, 0.3) is 12.9 Å². The lowest BCUT2D eigenvalue weighted by Crippen LogP contribution is -2.36. The van der Waals surface area contributed by atoms with Gasteiger partial charge in [-0.2, -0.15) is 5.10 Å². The number of aryl methyl sites for hydroxylation is 1. The van der Waals surface area contributed by atoms with Crippen molar-refractivity contribution in [3.05, 3.63) is 63.3 Å². The number of aromatic amines is 1. The van der Waals surface area contributed by atoms with Gasteiger partial charge in [-0.3, -0.25) is 16.0 Å². The number of hydrogen-bond donors (Lipinski definition) is 2. The lowest BCUT2D eigenvalue weighted by molar-refractivity contribution is -0.870. The maximum atomic E-state index is 13.3. The largest absolute Gasteiger partial charge is 0.763 e. The molecule has 2 N–H and O–H groups in total. The average molecular weight is 464 g/mol. The van der Waals surface area contributed by atoms with Crippen molar-refractivity contribution in [2.24, 2.45) is 4.99 Å². The highest BCUT2D eigenvalue weighted by atomic mass is 19.3. The molecule has 0 amide bonds. The number of halogens is 4. The van der Waals surface area contributed by atoms with Gasteiger partial charge in [-0.05, 0) is 30.2 Å². The monoisotopic (exact) mass is 464 g/mol. The molecule has 7 nitrogen and oxygen atoms in total. The molecular formula is C22H24F4N6O. The van der Waals surface area contributed by atoms with Gasteiger partial charge in [0.1, 0.15) is 18.0 Å². The zero-order chi connectivity index (χ0) is 24.9. The van der Waals surface area contributed by atoms with Gasteiger partial charge < -0.3 is 15.0 Å². The molecule has 2 aromatic rings. The Morgan fingerprint density at radius 1 is 1.24 bits per heavy atom. The van der Waals surface area contributed by atoms with Gasteiger partial charge in [0.15, 0.2) is 0 Å². The van der Waals surface area contributed by atoms with Crippen molar-refractivity contribution < 1.29 is 27.2 Å². The fraction of sp³-hybridized carbons (Fsp3) is 0.409. The summed E-state index contributed by atoms with van der Waals surface area (Å²) >= 11 is 0. The van der Waals surface area contributed by atoms with Crippen LogP contribution in [0.5, 0.6) is 0 Å². The molecule has 2 heterocycles. The first-order chi connectivity index (χ1) is 15.4. The second kappa shape index (κ2) is 10.5. The van der Waals surface area contributed by atoms with E-state index in [-0.39, 0.29) is 12.2 Å². The highest BCUT2D eigenvalue weighted by Crippen LogP contribution is 2.41. The number of aromatic nitrogens is 2. The van der Waals surface area contributed by atoms with Gasteiger partial charge in [-0.1, -0.05) is 6.07 Å². The predicted octanol–water partition coefficient (Wildman–Crippen LogP) is 3.92. The van der Waals surface area contributed by atoms with Crippen LogP contribution >= 0.6 is 0 Å². The molecule has 0 aliphatic carbocycles. The van der Waals surface area contributed by atoms with Crippen LogP contribution in [-0.4, -0.2) is 78.5 Å². The van der Waals surface area contributed by atoms with Crippen LogP contribution in [0.3, 0.4) is 0 Å². The van der Waals surface area contributed by atoms with Crippen LogP contribution in [0, 0.1) is 13.5 Å². The number of rotatable bonds is 5. The van der Waals surface area contributed by atoms with Gasteiger partial charge in [0, 0.05) is 11.1 Å². The van der Waals surface area contributed by atoms with Crippen LogP contribution in [-0.2, 0) is 0 Å². The van der Waals surface area contributed by atoms with E-state index in [0.717, 1.165) is 11.0 Å². The van der Waals surface area contributed by atoms with Gasteiger partial charge in [0.2, 0.25) is 5.70 Å². The third-order valence-corrected chi connectivity index (χ3v) is 4.87. The van der Waals surface area contributed by atoms with Crippen LogP contribution < -0.4 is 0 Å². The zero-order valence-electron chi connectivity index (χ0n) is 18.6. The number of aliphatic imine (C=N–C) groups is 1. The van der Waals surface area contributed by atoms with Crippen molar-refractivity contribution in [1.82, 2.24) is 10.2 Å². The molecule has 0 radical (unpaired) electrons. The summed E-state index contributed by atoms with van der Waals surface area (Å²) in [5, 5.41) is 25.2. The van der Waals surface area contributed by atoms with E-state index in [4.69, 9.17) is 11.7 Å². The molecule has 1 atom stereocenters. The van der Waals surface area contributed by atoms with E-state index >= 15 is 0 Å². The fourth-order valence-electron chi connectivity index (χ4n) is 3.21. The quantitative estimate of drug-likeness (QED) is 0.304. The SMILES string of the molecule is C[N+](C)(C)CCO.[C-]#[N+]C1=C(C(F)F)N=C(C(F)F)C(=C=[N-])C1c1ccc2n[nH]c(C)c2c1. The minimum Gasteiger partial charge on any atom is -0.763 e. The van der Waals surface area contributed by atoms with Crippen molar-refractivity contribution in [1.29, 1.82) is 0 Å². The minimum absolute atomic E-state index is 0.274. The van der Waals surface area contributed by atoms with Crippen LogP contribution in [0.2, 0.25) is 0 Å². The maximum Gasteiger partial charge on any atom is 0.281 e. The molecular weight excluding hydrogens is 440 g/mol. The lowest BCUT2D eigenvalue weighted by atomic mass is 9.83. The Balaban J connectivity index is 0.000000479. The number of alkyl halides is 4. The number of hydrogen-bond acceptors (Lipinski definition) is 3. The first-order valence-electron chi connectivity index (χ1n) is 9.84. The van der Waals surface area contributed by atoms with Gasteiger partial charge in [-0.15, -0.1) is 0 Å². The van der Waals surface area contributed by atoms with Crippen LogP contribution in [0.4, 0.5) is 17.6 Å². The van der Waals surface area contributed by atoms with E-state index in [1.54, 1.807) is 24.9 Å². The third-order valence-electron chi connectivity index (χ3n) is 4.87. The Bertz CT molecular complexity index is 1160. The first kappa shape index (κ1) is 25.9. The van der Waals surface area contributed by atoms with E-state index in [0.29, 0.717) is 16.6 Å². The van der Waals surface area contributed by atoms with Crippen LogP contribution in [0.25, 0.3) is 21.2 Å². The van der Waals surface area contributed by atoms with Gasteiger partial charge in [0.05, 0.1) is 45.8 Å². The molecule has 0 spiro atoms. The summed E-state index contributed by atoms with van der Waals surface area (Å²) < 4.78 is 54.1. The Labute approximate surface area is 188 Å². The number of aliphatic hydroxyl groups excluding tert-OH is 1. The van der Waals surface area contributed by atoms with Crippen LogP contribution in [0.1, 0.15) is 17.2 Å². The molecule has 0 saturated carbocycles. The standard InChI is InChI=1S/C17H10F4N5.C5H14NO/c1-7-9-5-8(3-4-11(9)26-25-7)12-10(6-22)13(16(18)19)24-15(17(20)21)14(12)23-2;1-6(2,3)4-5-7/h3-5,12,16-17H,1H3,(H,25,26);7H,4-5H2,1-3H3/q-1;+1. The highest BCUT2D eigenvalue weighted by Gasteiger charge is 2.37. The van der Waals surface area contributed by atoms with Crippen molar-refractivity contribution in [3.8, 4) is 0 Å². The van der Waals surface area contributed by atoms with E-state index in [1.165, 1.54) is 6.07 Å². The number of likely N-dealkylation sites (N-methyl/N-ethyl adjacent to an activating group) is 1. The smallest absolute Gasteiger partial charge is 0.281 e. The minimum atomic E-state index is -3.22. The number of aliphatic hydroxyl groups is 1. The normalized spacial score (nSPS) is 16.5. The second-order valence-corrected chi connectivity index (χ2v) is 8.30. The second-order valence-electron chi connectivity index (χ2n) is 8.30. The molecule has 33 heavy (non-hydrogen) atoms. The molecule has 176 valence electrons. The number of H-pyrrole nitrogens is 1. The van der Waals surface area contributed by atoms with Crippen molar-refractivity contribution in [2.45, 2.75) is 25.7 Å². The van der Waals surface area contributed by atoms with Crippen molar-refractivity contribution >= 4 is 22.5 Å². The average Bonchev–Trinajstić information content (AvgIpc) is 3.11. The molecule has 0 fully saturated rings. The van der Waals surface area contributed by atoms with E-state index in [2.05, 4.69) is 41.2 Å². The number of benzene rings is 1. The molecule has 1 aliphatic rings. The molecule has 1 aliphatic heterocycles. The highest BCUT2D eigenvalue weighted by molar-refractivity contribution is 6.12. The summed E-state index contributed by atoms with van der Waals surface area (Å²) in [5.41, 5.74) is -1.53. The van der Waals surface area contributed by atoms with Gasteiger partial charge >= 0.3 is 0 Å². The van der Waals surface area contributed by atoms with E-state index in [1.807, 2.05) is 0 Å². The first-order valence-corrected chi connectivity index (χ1v) is 9.84. The summed E-state index contributed by atoms with van der Waals surface area (Å²) in [6.07, 6.45) is -6.43. The predicted molar refractivity (Wildman–Crippen MR) is 119 cm³/mol. The van der Waals surface area contributed by atoms with Crippen molar-refractivity contribution in [3.63, 3.8) is 0 Å². The lowest BCUT2D eigenvalue weighted by Gasteiger charge is -2.26. The molecule has 3 rings (SSSR count). The zero-order valence-corrected chi connectivity index (χ0v) is 18.6. The molecule has 1 aromatic carbocycles. The third kappa shape index (κ3) is 5.93. The molecule has 1 unspecified atom stereocenters. The Morgan fingerprint density at radius 2 is 1.91 bits per heavy atom. The Morgan fingerprint density at radius 3 is 2.36 bits per heavy atom. The van der Waals surface area contributed by atoms with E-state index < -0.39 is 41.4 Å². The maximum absolute atomic E-state index is 13.3. The number of quaternary nitrogens is 1. The Hall–Kier alpha value is -3.32. The van der Waals surface area contributed by atoms with E-state index in [9.17, 15) is 23.0 Å². The summed E-state index contributed by atoms with van der Waals surface area (Å²) in [6.45, 7) is 10.1. The Kier molecular flexibility index (Phi) is 8.28.